The number of para-hydroxylation sites is 2. The third-order valence-electron chi connectivity index (χ3n) is 4.56. The molecule has 0 bridgehead atoms. The molecule has 1 amide bonds. The van der Waals surface area contributed by atoms with Gasteiger partial charge in [-0.1, -0.05) is 40.2 Å². The van der Waals surface area contributed by atoms with Crippen molar-refractivity contribution in [1.29, 1.82) is 0 Å². The molecule has 140 valence electrons. The third kappa shape index (κ3) is 4.12. The van der Waals surface area contributed by atoms with Gasteiger partial charge < -0.3 is 9.88 Å². The number of amides is 1. The van der Waals surface area contributed by atoms with Gasteiger partial charge in [0.1, 0.15) is 5.82 Å². The second-order valence-electron chi connectivity index (χ2n) is 6.47. The summed E-state index contributed by atoms with van der Waals surface area (Å²) >= 11 is 3.48. The number of nitrogens with one attached hydrogen (secondary N) is 1. The smallest absolute Gasteiger partial charge is 0.251 e. The number of carbonyl (C=O) groups is 1. The number of halogens is 1. The van der Waals surface area contributed by atoms with E-state index in [9.17, 15) is 4.79 Å². The maximum Gasteiger partial charge on any atom is 0.251 e. The van der Waals surface area contributed by atoms with Crippen LogP contribution in [0, 0.1) is 0 Å². The SMILES string of the molecule is O=C(NCCc1nc2ccccc2n1Cc1ccc(Br)cc1)c1ccncc1. The number of carbonyl (C=O) groups excluding carboxylic acids is 1. The van der Waals surface area contributed by atoms with Gasteiger partial charge >= 0.3 is 0 Å². The number of fused-ring (bicyclic) bond motifs is 1. The zero-order valence-corrected chi connectivity index (χ0v) is 16.8. The molecule has 0 aliphatic carbocycles. The number of benzene rings is 2. The lowest BCUT2D eigenvalue weighted by atomic mass is 10.2. The molecule has 0 radical (unpaired) electrons. The molecule has 0 aliphatic heterocycles. The summed E-state index contributed by atoms with van der Waals surface area (Å²) in [6, 6.07) is 19.8. The van der Waals surface area contributed by atoms with E-state index in [-0.39, 0.29) is 5.91 Å². The lowest BCUT2D eigenvalue weighted by molar-refractivity contribution is 0.0954. The molecule has 0 spiro atoms. The maximum atomic E-state index is 12.2. The Kier molecular flexibility index (Phi) is 5.48. The minimum Gasteiger partial charge on any atom is -0.352 e. The van der Waals surface area contributed by atoms with Gasteiger partial charge in [0.15, 0.2) is 0 Å². The van der Waals surface area contributed by atoms with E-state index in [0.29, 0.717) is 18.5 Å². The van der Waals surface area contributed by atoms with Gasteiger partial charge in [-0.15, -0.1) is 0 Å². The molecule has 6 heteroatoms. The van der Waals surface area contributed by atoms with Gasteiger partial charge in [0.05, 0.1) is 11.0 Å². The van der Waals surface area contributed by atoms with Crippen molar-refractivity contribution in [2.75, 3.05) is 6.54 Å². The summed E-state index contributed by atoms with van der Waals surface area (Å²) in [5, 5.41) is 2.96. The van der Waals surface area contributed by atoms with E-state index in [1.54, 1.807) is 24.5 Å². The van der Waals surface area contributed by atoms with Crippen LogP contribution in [0.25, 0.3) is 11.0 Å². The Hall–Kier alpha value is -2.99. The first-order valence-electron chi connectivity index (χ1n) is 9.07. The average molecular weight is 435 g/mol. The topological polar surface area (TPSA) is 59.8 Å². The molecule has 0 saturated carbocycles. The molecule has 2 aromatic heterocycles. The zero-order valence-electron chi connectivity index (χ0n) is 15.2. The number of aromatic nitrogens is 3. The number of hydrogen-bond donors (Lipinski definition) is 1. The van der Waals surface area contributed by atoms with Crippen molar-refractivity contribution in [3.05, 3.63) is 94.5 Å². The van der Waals surface area contributed by atoms with Gasteiger partial charge in [0.25, 0.3) is 5.91 Å². The minimum atomic E-state index is -0.0991. The highest BCUT2D eigenvalue weighted by molar-refractivity contribution is 9.10. The molecule has 0 atom stereocenters. The molecular formula is C22H19BrN4O. The van der Waals surface area contributed by atoms with Crippen molar-refractivity contribution in [1.82, 2.24) is 19.9 Å². The van der Waals surface area contributed by atoms with Gasteiger partial charge in [0.2, 0.25) is 0 Å². The Labute approximate surface area is 171 Å². The molecule has 0 aliphatic rings. The summed E-state index contributed by atoms with van der Waals surface area (Å²) in [7, 11) is 0. The molecule has 5 nitrogen and oxygen atoms in total. The summed E-state index contributed by atoms with van der Waals surface area (Å²) in [6.07, 6.45) is 3.89. The van der Waals surface area contributed by atoms with Crippen molar-refractivity contribution >= 4 is 32.9 Å². The highest BCUT2D eigenvalue weighted by Gasteiger charge is 2.12. The van der Waals surface area contributed by atoms with Crippen molar-refractivity contribution in [3.8, 4) is 0 Å². The average Bonchev–Trinajstić information content (AvgIpc) is 3.07. The van der Waals surface area contributed by atoms with Gasteiger partial charge in [-0.25, -0.2) is 4.98 Å². The molecular weight excluding hydrogens is 416 g/mol. The molecule has 2 aromatic carbocycles. The van der Waals surface area contributed by atoms with Gasteiger partial charge in [-0.2, -0.15) is 0 Å². The van der Waals surface area contributed by atoms with Crippen LogP contribution in [-0.2, 0) is 13.0 Å². The Morgan fingerprint density at radius 1 is 1.00 bits per heavy atom. The summed E-state index contributed by atoms with van der Waals surface area (Å²) < 4.78 is 3.28. The van der Waals surface area contributed by atoms with Crippen LogP contribution in [0.3, 0.4) is 0 Å². The minimum absolute atomic E-state index is 0.0991. The van der Waals surface area contributed by atoms with Crippen LogP contribution in [0.5, 0.6) is 0 Å². The molecule has 0 unspecified atom stereocenters. The molecule has 28 heavy (non-hydrogen) atoms. The van der Waals surface area contributed by atoms with E-state index in [4.69, 9.17) is 4.98 Å². The standard InChI is InChI=1S/C22H19BrN4O/c23-18-7-5-16(6-8-18)15-27-20-4-2-1-3-19(20)26-21(27)11-14-25-22(28)17-9-12-24-13-10-17/h1-10,12-13H,11,14-15H2,(H,25,28). The first-order chi connectivity index (χ1) is 13.7. The van der Waals surface area contributed by atoms with Crippen LogP contribution in [-0.4, -0.2) is 27.0 Å². The predicted molar refractivity (Wildman–Crippen MR) is 113 cm³/mol. The summed E-state index contributed by atoms with van der Waals surface area (Å²) in [5.41, 5.74) is 3.88. The fourth-order valence-electron chi connectivity index (χ4n) is 3.16. The molecule has 2 heterocycles. The number of nitrogens with zero attached hydrogens (tertiary/aromatic N) is 3. The van der Waals surface area contributed by atoms with E-state index in [2.05, 4.69) is 49.0 Å². The monoisotopic (exact) mass is 434 g/mol. The van der Waals surface area contributed by atoms with Crippen LogP contribution in [0.1, 0.15) is 21.7 Å². The first kappa shape index (κ1) is 18.4. The maximum absolute atomic E-state index is 12.2. The van der Waals surface area contributed by atoms with Gasteiger partial charge in [-0.3, -0.25) is 9.78 Å². The van der Waals surface area contributed by atoms with Crippen molar-refractivity contribution in [2.24, 2.45) is 0 Å². The lowest BCUT2D eigenvalue weighted by Gasteiger charge is -2.10. The molecule has 0 fully saturated rings. The fraction of sp³-hybridized carbons (Fsp3) is 0.136. The lowest BCUT2D eigenvalue weighted by Crippen LogP contribution is -2.26. The van der Waals surface area contributed by atoms with E-state index in [1.807, 2.05) is 30.3 Å². The molecule has 4 aromatic rings. The normalized spacial score (nSPS) is 10.9. The van der Waals surface area contributed by atoms with Gasteiger partial charge in [-0.05, 0) is 42.0 Å². The van der Waals surface area contributed by atoms with Crippen LogP contribution in [0.2, 0.25) is 0 Å². The van der Waals surface area contributed by atoms with E-state index in [0.717, 1.165) is 27.9 Å². The Morgan fingerprint density at radius 3 is 2.54 bits per heavy atom. The first-order valence-corrected chi connectivity index (χ1v) is 9.87. The van der Waals surface area contributed by atoms with Crippen LogP contribution >= 0.6 is 15.9 Å². The number of pyridine rings is 1. The van der Waals surface area contributed by atoms with Crippen LogP contribution < -0.4 is 5.32 Å². The van der Waals surface area contributed by atoms with Crippen LogP contribution in [0.15, 0.2) is 77.5 Å². The number of imidazole rings is 1. The summed E-state index contributed by atoms with van der Waals surface area (Å²) in [4.78, 5) is 21.0. The Morgan fingerprint density at radius 2 is 1.75 bits per heavy atom. The second kappa shape index (κ2) is 8.35. The van der Waals surface area contributed by atoms with E-state index >= 15 is 0 Å². The van der Waals surface area contributed by atoms with Gasteiger partial charge in [0, 0.05) is 41.9 Å². The predicted octanol–water partition coefficient (Wildman–Crippen LogP) is 4.21. The molecule has 1 N–H and O–H groups in total. The van der Waals surface area contributed by atoms with Crippen molar-refractivity contribution in [3.63, 3.8) is 0 Å². The fourth-order valence-corrected chi connectivity index (χ4v) is 3.42. The quantitative estimate of drug-likeness (QED) is 0.494. The van der Waals surface area contributed by atoms with Crippen LogP contribution in [0.4, 0.5) is 0 Å². The number of hydrogen-bond acceptors (Lipinski definition) is 3. The summed E-state index contributed by atoms with van der Waals surface area (Å²) in [6.45, 7) is 1.26. The van der Waals surface area contributed by atoms with Crippen molar-refractivity contribution < 1.29 is 4.79 Å². The second-order valence-corrected chi connectivity index (χ2v) is 7.39. The largest absolute Gasteiger partial charge is 0.352 e. The third-order valence-corrected chi connectivity index (χ3v) is 5.09. The highest BCUT2D eigenvalue weighted by Crippen LogP contribution is 2.19. The Bertz CT molecular complexity index is 1090. The zero-order chi connectivity index (χ0) is 19.3. The molecule has 4 rings (SSSR count). The summed E-state index contributed by atoms with van der Waals surface area (Å²) in [5.74, 6) is 0.858. The highest BCUT2D eigenvalue weighted by atomic mass is 79.9. The number of rotatable bonds is 6. The van der Waals surface area contributed by atoms with E-state index in [1.165, 1.54) is 5.56 Å². The Balaban J connectivity index is 1.53. The van der Waals surface area contributed by atoms with Crippen molar-refractivity contribution in [2.45, 2.75) is 13.0 Å². The molecule has 0 saturated heterocycles. The van der Waals surface area contributed by atoms with E-state index < -0.39 is 0 Å².